The van der Waals surface area contributed by atoms with Crippen LogP contribution in [0.15, 0.2) is 29.3 Å². The summed E-state index contributed by atoms with van der Waals surface area (Å²) in [5.41, 5.74) is 2.21. The molecular weight excluding hydrogens is 481 g/mol. The van der Waals surface area contributed by atoms with Crippen molar-refractivity contribution in [3.8, 4) is 0 Å². The molecule has 0 fully saturated rings. The predicted octanol–water partition coefficient (Wildman–Crippen LogP) is 3.92. The van der Waals surface area contributed by atoms with Gasteiger partial charge in [-0.25, -0.2) is 0 Å². The van der Waals surface area contributed by atoms with Crippen LogP contribution in [0, 0.1) is 0 Å². The molecule has 0 aliphatic rings. The van der Waals surface area contributed by atoms with Crippen LogP contribution in [0.4, 0.5) is 0 Å². The number of aliphatic hydroxyl groups is 1. The van der Waals surface area contributed by atoms with Gasteiger partial charge in [-0.15, -0.1) is 24.0 Å². The molecule has 3 N–H and O–H groups in total. The average Bonchev–Trinajstić information content (AvgIpc) is 2.67. The van der Waals surface area contributed by atoms with E-state index in [0.29, 0.717) is 18.9 Å². The highest BCUT2D eigenvalue weighted by molar-refractivity contribution is 14.0. The lowest BCUT2D eigenvalue weighted by atomic mass is 9.86. The molecule has 29 heavy (non-hydrogen) atoms. The van der Waals surface area contributed by atoms with Gasteiger partial charge in [0, 0.05) is 19.5 Å². The molecule has 0 amide bonds. The molecule has 1 aromatic rings. The lowest BCUT2D eigenvalue weighted by molar-refractivity contribution is -0.140. The molecule has 1 atom stereocenters. The first-order chi connectivity index (χ1) is 13.3. The molecule has 0 heterocycles. The highest BCUT2D eigenvalue weighted by Gasteiger charge is 2.14. The number of hydrogen-bond donors (Lipinski definition) is 3. The Bertz CT molecular complexity index is 613. The van der Waals surface area contributed by atoms with Crippen LogP contribution >= 0.6 is 24.0 Å². The number of aliphatic imine (C=N–C) groups is 1. The number of guanidine groups is 1. The second-order valence-corrected chi connectivity index (χ2v) is 7.92. The van der Waals surface area contributed by atoms with Crippen molar-refractivity contribution >= 4 is 35.9 Å². The maximum absolute atomic E-state index is 11.1. The molecule has 0 spiro atoms. The summed E-state index contributed by atoms with van der Waals surface area (Å²) in [6.45, 7) is 10.3. The number of nitrogens with one attached hydrogen (secondary N) is 2. The Kier molecular flexibility index (Phi) is 13.9. The fourth-order valence-corrected chi connectivity index (χ4v) is 2.71. The van der Waals surface area contributed by atoms with E-state index in [-0.39, 0.29) is 35.4 Å². The maximum Gasteiger partial charge on any atom is 0.305 e. The van der Waals surface area contributed by atoms with Gasteiger partial charge in [-0.05, 0) is 36.3 Å². The summed E-state index contributed by atoms with van der Waals surface area (Å²) < 4.78 is 4.63. The number of aliphatic hydroxyl groups excluding tert-OH is 1. The number of hydrogen-bond acceptors (Lipinski definition) is 4. The van der Waals surface area contributed by atoms with Crippen LogP contribution in [-0.2, 0) is 14.9 Å². The van der Waals surface area contributed by atoms with Gasteiger partial charge < -0.3 is 20.5 Å². The van der Waals surface area contributed by atoms with Crippen LogP contribution < -0.4 is 10.6 Å². The van der Waals surface area contributed by atoms with E-state index in [0.717, 1.165) is 37.9 Å². The number of benzene rings is 1. The number of nitrogens with zero attached hydrogens (tertiary/aromatic N) is 1. The number of unbranched alkanes of at least 4 members (excludes halogenated alkanes) is 2. The number of carbonyl (C=O) groups excluding carboxylic acids is 1. The Morgan fingerprint density at radius 1 is 1.14 bits per heavy atom. The Morgan fingerprint density at radius 2 is 1.79 bits per heavy atom. The minimum Gasteiger partial charge on any atom is -0.469 e. The highest BCUT2D eigenvalue weighted by Crippen LogP contribution is 2.24. The molecule has 0 bridgehead atoms. The molecule has 7 heteroatoms. The number of ether oxygens (including phenoxy) is 1. The highest BCUT2D eigenvalue weighted by atomic mass is 127. The second kappa shape index (κ2) is 14.6. The molecule has 1 aromatic carbocycles. The van der Waals surface area contributed by atoms with Gasteiger partial charge in [-0.3, -0.25) is 9.79 Å². The fraction of sp³-hybridized carbons (Fsp3) is 0.636. The number of carbonyl (C=O) groups is 1. The summed E-state index contributed by atoms with van der Waals surface area (Å²) in [6, 6.07) is 8.09. The van der Waals surface area contributed by atoms with Gasteiger partial charge in [-0.1, -0.05) is 51.5 Å². The van der Waals surface area contributed by atoms with Crippen LogP contribution in [-0.4, -0.2) is 43.8 Å². The summed E-state index contributed by atoms with van der Waals surface area (Å²) >= 11 is 0. The van der Waals surface area contributed by atoms with Crippen molar-refractivity contribution < 1.29 is 14.6 Å². The van der Waals surface area contributed by atoms with E-state index in [1.165, 1.54) is 12.7 Å². The number of methoxy groups -OCH3 is 1. The molecule has 0 saturated carbocycles. The van der Waals surface area contributed by atoms with Crippen molar-refractivity contribution in [1.29, 1.82) is 0 Å². The molecule has 166 valence electrons. The minimum atomic E-state index is -0.635. The summed E-state index contributed by atoms with van der Waals surface area (Å²) in [6.07, 6.45) is 2.54. The molecule has 0 saturated heterocycles. The Morgan fingerprint density at radius 3 is 2.34 bits per heavy atom. The largest absolute Gasteiger partial charge is 0.469 e. The minimum absolute atomic E-state index is 0. The Labute approximate surface area is 192 Å². The van der Waals surface area contributed by atoms with Gasteiger partial charge in [0.05, 0.1) is 19.8 Å². The number of rotatable bonds is 10. The normalized spacial score (nSPS) is 12.7. The summed E-state index contributed by atoms with van der Waals surface area (Å²) in [7, 11) is 1.41. The van der Waals surface area contributed by atoms with Gasteiger partial charge in [0.1, 0.15) is 0 Å². The van der Waals surface area contributed by atoms with Crippen LogP contribution in [0.25, 0.3) is 0 Å². The van der Waals surface area contributed by atoms with Gasteiger partial charge in [-0.2, -0.15) is 0 Å². The first-order valence-corrected chi connectivity index (χ1v) is 10.2. The van der Waals surface area contributed by atoms with Crippen LogP contribution in [0.5, 0.6) is 0 Å². The van der Waals surface area contributed by atoms with E-state index in [2.05, 4.69) is 53.3 Å². The van der Waals surface area contributed by atoms with Gasteiger partial charge in [0.15, 0.2) is 5.96 Å². The topological polar surface area (TPSA) is 83.0 Å². The van der Waals surface area contributed by atoms with Crippen LogP contribution in [0.1, 0.15) is 70.6 Å². The van der Waals surface area contributed by atoms with E-state index >= 15 is 0 Å². The smallest absolute Gasteiger partial charge is 0.305 e. The third-order valence-corrected chi connectivity index (χ3v) is 4.51. The first kappa shape index (κ1) is 27.6. The molecule has 6 nitrogen and oxygen atoms in total. The van der Waals surface area contributed by atoms with Crippen molar-refractivity contribution in [3.05, 3.63) is 35.4 Å². The molecular formula is C22H38IN3O3. The number of esters is 1. The maximum atomic E-state index is 11.1. The second-order valence-electron chi connectivity index (χ2n) is 7.92. The van der Waals surface area contributed by atoms with Crippen molar-refractivity contribution in [1.82, 2.24) is 10.6 Å². The zero-order chi connectivity index (χ0) is 21.0. The van der Waals surface area contributed by atoms with Crippen molar-refractivity contribution in [2.75, 3.05) is 26.7 Å². The Balaban J connectivity index is 0.00000784. The monoisotopic (exact) mass is 519 g/mol. The molecule has 1 rings (SSSR count). The summed E-state index contributed by atoms with van der Waals surface area (Å²) in [5.74, 6) is 0.535. The van der Waals surface area contributed by atoms with E-state index in [4.69, 9.17) is 0 Å². The third-order valence-electron chi connectivity index (χ3n) is 4.51. The van der Waals surface area contributed by atoms with E-state index in [1.807, 2.05) is 19.1 Å². The third kappa shape index (κ3) is 11.4. The SMILES string of the molecule is CCNC(=NCC(O)c1ccc(C(C)(C)C)cc1)NCCCCCC(=O)OC.I. The fourth-order valence-electron chi connectivity index (χ4n) is 2.71. The van der Waals surface area contributed by atoms with Crippen LogP contribution in [0.3, 0.4) is 0 Å². The summed E-state index contributed by atoms with van der Waals surface area (Å²) in [4.78, 5) is 15.6. The standard InChI is InChI=1S/C22H37N3O3.HI/c1-6-23-21(24-15-9-7-8-10-20(27)28-5)25-16-19(26)17-11-13-18(14-12-17)22(2,3)4;/h11-14,19,26H,6-10,15-16H2,1-5H3,(H2,23,24,25);1H. The van der Waals surface area contributed by atoms with E-state index in [1.54, 1.807) is 0 Å². The lowest BCUT2D eigenvalue weighted by Gasteiger charge is -2.20. The zero-order valence-corrected chi connectivity index (χ0v) is 20.8. The van der Waals surface area contributed by atoms with E-state index in [9.17, 15) is 9.90 Å². The Hall–Kier alpha value is -1.35. The lowest BCUT2D eigenvalue weighted by Crippen LogP contribution is -2.38. The molecule has 0 aliphatic heterocycles. The van der Waals surface area contributed by atoms with Crippen molar-refractivity contribution in [2.45, 2.75) is 64.9 Å². The van der Waals surface area contributed by atoms with E-state index < -0.39 is 6.10 Å². The van der Waals surface area contributed by atoms with Gasteiger partial charge >= 0.3 is 5.97 Å². The van der Waals surface area contributed by atoms with Gasteiger partial charge in [0.25, 0.3) is 0 Å². The molecule has 0 radical (unpaired) electrons. The van der Waals surface area contributed by atoms with Crippen LogP contribution in [0.2, 0.25) is 0 Å². The molecule has 0 aliphatic carbocycles. The average molecular weight is 519 g/mol. The van der Waals surface area contributed by atoms with Gasteiger partial charge in [0.2, 0.25) is 0 Å². The van der Waals surface area contributed by atoms with Crippen molar-refractivity contribution in [3.63, 3.8) is 0 Å². The quantitative estimate of drug-likeness (QED) is 0.144. The molecule has 1 unspecified atom stereocenters. The number of halogens is 1. The molecule has 0 aromatic heterocycles. The van der Waals surface area contributed by atoms with Crippen molar-refractivity contribution in [2.24, 2.45) is 4.99 Å². The zero-order valence-electron chi connectivity index (χ0n) is 18.5. The predicted molar refractivity (Wildman–Crippen MR) is 130 cm³/mol. The first-order valence-electron chi connectivity index (χ1n) is 10.2. The summed E-state index contributed by atoms with van der Waals surface area (Å²) in [5, 5.41) is 16.9.